The van der Waals surface area contributed by atoms with Crippen LogP contribution in [0.25, 0.3) is 0 Å². The lowest BCUT2D eigenvalue weighted by molar-refractivity contribution is -0.123. The molecule has 5 rings (SSSR count). The van der Waals surface area contributed by atoms with Gasteiger partial charge in [-0.2, -0.15) is 11.3 Å². The molecule has 1 saturated heterocycles. The van der Waals surface area contributed by atoms with E-state index in [1.165, 1.54) is 5.56 Å². The summed E-state index contributed by atoms with van der Waals surface area (Å²) in [7, 11) is 0. The molecule has 126 valence electrons. The van der Waals surface area contributed by atoms with Gasteiger partial charge in [0.1, 0.15) is 0 Å². The number of rotatable bonds is 2. The third-order valence-corrected chi connectivity index (χ3v) is 6.85. The van der Waals surface area contributed by atoms with Gasteiger partial charge in [-0.3, -0.25) is 9.69 Å². The Hall–Kier alpha value is -2.18. The molecule has 3 aromatic rings. The average Bonchev–Trinajstić information content (AvgIpc) is 3.39. The molecule has 1 amide bonds. The largest absolute Gasteiger partial charge is 0.348 e. The van der Waals surface area contributed by atoms with Crippen molar-refractivity contribution in [2.45, 2.75) is 18.3 Å². The maximum atomic E-state index is 13.5. The van der Waals surface area contributed by atoms with E-state index in [-0.39, 0.29) is 5.91 Å². The summed E-state index contributed by atoms with van der Waals surface area (Å²) in [6.45, 7) is 1.73. The Kier molecular flexibility index (Phi) is 3.43. The number of aromatic nitrogens is 1. The van der Waals surface area contributed by atoms with Crippen molar-refractivity contribution in [2.24, 2.45) is 0 Å². The fourth-order valence-corrected chi connectivity index (χ4v) is 5.40. The highest BCUT2D eigenvalue weighted by atomic mass is 32.1. The van der Waals surface area contributed by atoms with Crippen molar-refractivity contribution in [2.75, 3.05) is 22.9 Å². The van der Waals surface area contributed by atoms with Gasteiger partial charge in [-0.15, -0.1) is 11.3 Å². The zero-order valence-electron chi connectivity index (χ0n) is 13.6. The number of carbonyl (C=O) groups is 1. The number of para-hydroxylation sites is 1. The second kappa shape index (κ2) is 5.68. The lowest BCUT2D eigenvalue weighted by atomic mass is 9.74. The van der Waals surface area contributed by atoms with E-state index < -0.39 is 5.41 Å². The summed E-state index contributed by atoms with van der Waals surface area (Å²) in [5.41, 5.74) is 2.83. The molecule has 0 saturated carbocycles. The van der Waals surface area contributed by atoms with Gasteiger partial charge < -0.3 is 4.90 Å². The van der Waals surface area contributed by atoms with Crippen LogP contribution in [0.5, 0.6) is 0 Å². The number of benzene rings is 1. The molecular formula is C19H17N3OS2. The molecule has 0 bridgehead atoms. The molecule has 0 unspecified atom stereocenters. The summed E-state index contributed by atoms with van der Waals surface area (Å²) in [6.07, 6.45) is 3.52. The van der Waals surface area contributed by atoms with E-state index in [2.05, 4.69) is 33.5 Å². The van der Waals surface area contributed by atoms with E-state index in [0.717, 1.165) is 42.4 Å². The highest BCUT2D eigenvalue weighted by Gasteiger charge is 2.52. The molecule has 4 heterocycles. The highest BCUT2D eigenvalue weighted by molar-refractivity contribution is 7.13. The zero-order chi connectivity index (χ0) is 16.9. The lowest BCUT2D eigenvalue weighted by Gasteiger charge is -2.38. The van der Waals surface area contributed by atoms with Crippen molar-refractivity contribution in [1.82, 2.24) is 4.98 Å². The topological polar surface area (TPSA) is 36.4 Å². The van der Waals surface area contributed by atoms with Crippen molar-refractivity contribution < 1.29 is 4.79 Å². The molecule has 2 aromatic heterocycles. The predicted octanol–water partition coefficient (Wildman–Crippen LogP) is 4.42. The van der Waals surface area contributed by atoms with Crippen LogP contribution in [0.2, 0.25) is 0 Å². The lowest BCUT2D eigenvalue weighted by Crippen LogP contribution is -2.48. The molecule has 0 atom stereocenters. The molecule has 1 spiro atoms. The van der Waals surface area contributed by atoms with Crippen LogP contribution in [-0.2, 0) is 10.2 Å². The number of hydrogen-bond acceptors (Lipinski definition) is 5. The number of thiophene rings is 1. The maximum Gasteiger partial charge on any atom is 0.242 e. The molecular weight excluding hydrogens is 350 g/mol. The SMILES string of the molecule is O=C1N(c2ccsc2)c2ccccc2C12CCN(c1nccs1)CC2. The Labute approximate surface area is 154 Å². The molecule has 0 N–H and O–H groups in total. The number of amides is 1. The van der Waals surface area contributed by atoms with E-state index in [1.807, 2.05) is 34.0 Å². The van der Waals surface area contributed by atoms with Gasteiger partial charge in [0.15, 0.2) is 5.13 Å². The van der Waals surface area contributed by atoms with Gasteiger partial charge in [0.25, 0.3) is 0 Å². The Morgan fingerprint density at radius 3 is 2.64 bits per heavy atom. The van der Waals surface area contributed by atoms with Crippen LogP contribution in [0.15, 0.2) is 52.7 Å². The van der Waals surface area contributed by atoms with Crippen molar-refractivity contribution in [1.29, 1.82) is 0 Å². The summed E-state index contributed by atoms with van der Waals surface area (Å²) in [6, 6.07) is 10.3. The van der Waals surface area contributed by atoms with E-state index in [0.29, 0.717) is 0 Å². The molecule has 2 aliphatic heterocycles. The minimum Gasteiger partial charge on any atom is -0.348 e. The minimum atomic E-state index is -0.397. The van der Waals surface area contributed by atoms with Crippen molar-refractivity contribution in [3.05, 3.63) is 58.2 Å². The normalized spacial score (nSPS) is 18.8. The van der Waals surface area contributed by atoms with Crippen LogP contribution >= 0.6 is 22.7 Å². The Balaban J connectivity index is 1.53. The number of fused-ring (bicyclic) bond motifs is 2. The highest BCUT2D eigenvalue weighted by Crippen LogP contribution is 2.51. The zero-order valence-corrected chi connectivity index (χ0v) is 15.2. The van der Waals surface area contributed by atoms with Crippen molar-refractivity contribution >= 4 is 45.1 Å². The van der Waals surface area contributed by atoms with E-state index in [1.54, 1.807) is 22.7 Å². The Morgan fingerprint density at radius 1 is 1.08 bits per heavy atom. The summed E-state index contributed by atoms with van der Waals surface area (Å²) >= 11 is 3.29. The van der Waals surface area contributed by atoms with E-state index in [4.69, 9.17) is 0 Å². The van der Waals surface area contributed by atoms with Crippen LogP contribution in [0.3, 0.4) is 0 Å². The summed E-state index contributed by atoms with van der Waals surface area (Å²) in [4.78, 5) is 22.2. The molecule has 0 radical (unpaired) electrons. The quantitative estimate of drug-likeness (QED) is 0.673. The van der Waals surface area contributed by atoms with Gasteiger partial charge in [0.05, 0.1) is 16.8 Å². The van der Waals surface area contributed by atoms with Gasteiger partial charge in [-0.05, 0) is 35.9 Å². The predicted molar refractivity (Wildman–Crippen MR) is 103 cm³/mol. The first-order valence-electron chi connectivity index (χ1n) is 8.40. The standard InChI is InChI=1S/C19H17N3OS2/c23-17-19(6-9-21(10-7-19)18-20-8-12-25-18)15-3-1-2-4-16(15)22(17)14-5-11-24-13-14/h1-5,8,11-13H,6-7,9-10H2. The average molecular weight is 367 g/mol. The van der Waals surface area contributed by atoms with E-state index in [9.17, 15) is 4.79 Å². The number of carbonyl (C=O) groups excluding carboxylic acids is 1. The van der Waals surface area contributed by atoms with Crippen molar-refractivity contribution in [3.63, 3.8) is 0 Å². The first-order chi connectivity index (χ1) is 12.3. The third-order valence-electron chi connectivity index (χ3n) is 5.34. The molecule has 4 nitrogen and oxygen atoms in total. The van der Waals surface area contributed by atoms with Gasteiger partial charge in [0.2, 0.25) is 5.91 Å². The van der Waals surface area contributed by atoms with Crippen LogP contribution in [0, 0.1) is 0 Å². The van der Waals surface area contributed by atoms with Crippen LogP contribution in [0.1, 0.15) is 18.4 Å². The Morgan fingerprint density at radius 2 is 1.92 bits per heavy atom. The summed E-state index contributed by atoms with van der Waals surface area (Å²) in [5, 5.41) is 7.15. The third kappa shape index (κ3) is 2.17. The first kappa shape index (κ1) is 15.1. The molecule has 2 aliphatic rings. The molecule has 1 aromatic carbocycles. The second-order valence-corrected chi connectivity index (χ2v) is 8.18. The van der Waals surface area contributed by atoms with Gasteiger partial charge in [-0.1, -0.05) is 18.2 Å². The fourth-order valence-electron chi connectivity index (χ4n) is 4.09. The summed E-state index contributed by atoms with van der Waals surface area (Å²) in [5.74, 6) is 0.228. The van der Waals surface area contributed by atoms with Gasteiger partial charge >= 0.3 is 0 Å². The maximum absolute atomic E-state index is 13.5. The molecule has 25 heavy (non-hydrogen) atoms. The monoisotopic (exact) mass is 367 g/mol. The number of nitrogens with zero attached hydrogens (tertiary/aromatic N) is 3. The summed E-state index contributed by atoms with van der Waals surface area (Å²) < 4.78 is 0. The first-order valence-corrected chi connectivity index (χ1v) is 10.2. The van der Waals surface area contributed by atoms with Gasteiger partial charge in [-0.25, -0.2) is 4.98 Å². The van der Waals surface area contributed by atoms with Crippen LogP contribution in [-0.4, -0.2) is 24.0 Å². The smallest absolute Gasteiger partial charge is 0.242 e. The number of thiazole rings is 1. The van der Waals surface area contributed by atoms with Crippen LogP contribution in [0.4, 0.5) is 16.5 Å². The van der Waals surface area contributed by atoms with Crippen molar-refractivity contribution in [3.8, 4) is 0 Å². The second-order valence-electron chi connectivity index (χ2n) is 6.52. The number of anilines is 3. The van der Waals surface area contributed by atoms with Gasteiger partial charge in [0, 0.05) is 30.0 Å². The Bertz CT molecular complexity index is 897. The molecule has 1 fully saturated rings. The number of piperidine rings is 1. The molecule has 0 aliphatic carbocycles. The number of hydrogen-bond donors (Lipinski definition) is 0. The molecule has 6 heteroatoms. The van der Waals surface area contributed by atoms with Crippen LogP contribution < -0.4 is 9.80 Å². The van der Waals surface area contributed by atoms with E-state index >= 15 is 0 Å². The minimum absolute atomic E-state index is 0.228. The fraction of sp³-hybridized carbons (Fsp3) is 0.263.